The topological polar surface area (TPSA) is 84.6 Å². The lowest BCUT2D eigenvalue weighted by atomic mass is 10.1. The maximum Gasteiger partial charge on any atom is 0.407 e. The maximum atomic E-state index is 10.3. The number of nitriles is 1. The molecule has 5 heteroatoms. The van der Waals surface area contributed by atoms with Crippen molar-refractivity contribution in [3.05, 3.63) is 0 Å². The number of piperidine rings is 1. The van der Waals surface area contributed by atoms with E-state index in [4.69, 9.17) is 15.5 Å². The van der Waals surface area contributed by atoms with Gasteiger partial charge in [0.15, 0.2) is 0 Å². The predicted octanol–water partition coefficient (Wildman–Crippen LogP) is 0.990. The van der Waals surface area contributed by atoms with Gasteiger partial charge in [-0.15, -0.1) is 0 Å². The first kappa shape index (κ1) is 10.6. The van der Waals surface area contributed by atoms with E-state index in [1.165, 1.54) is 11.3 Å². The molecule has 0 atom stereocenters. The summed E-state index contributed by atoms with van der Waals surface area (Å²) in [6.07, 6.45) is 3.23. The highest BCUT2D eigenvalue weighted by Crippen LogP contribution is 2.07. The number of hydrogen-bond donors (Lipinski definition) is 2. The summed E-state index contributed by atoms with van der Waals surface area (Å²) in [5, 5.41) is 22.2. The number of aliphatic hydroxyl groups is 1. The van der Waals surface area contributed by atoms with Crippen molar-refractivity contribution in [2.24, 2.45) is 0 Å². The first-order chi connectivity index (χ1) is 5.72. The highest BCUT2D eigenvalue weighted by molar-refractivity contribution is 5.64. The van der Waals surface area contributed by atoms with Gasteiger partial charge in [0.05, 0.1) is 0 Å². The molecule has 0 saturated carbocycles. The number of nitrogens with zero attached hydrogens (tertiary/aromatic N) is 2. The Balaban J connectivity index is 0.000000354. The normalized spacial score (nSPS) is 15.4. The van der Waals surface area contributed by atoms with Gasteiger partial charge in [-0.05, 0) is 19.3 Å². The zero-order valence-corrected chi connectivity index (χ0v) is 6.73. The van der Waals surface area contributed by atoms with Crippen molar-refractivity contribution in [1.82, 2.24) is 4.90 Å². The molecule has 0 aliphatic carbocycles. The van der Waals surface area contributed by atoms with Crippen molar-refractivity contribution in [2.45, 2.75) is 19.3 Å². The van der Waals surface area contributed by atoms with Crippen LogP contribution in [-0.4, -0.2) is 34.3 Å². The molecule has 1 aliphatic heterocycles. The summed E-state index contributed by atoms with van der Waals surface area (Å²) in [6.45, 7) is 1.46. The molecule has 0 aromatic carbocycles. The van der Waals surface area contributed by atoms with E-state index in [9.17, 15) is 4.79 Å². The molecule has 12 heavy (non-hydrogen) atoms. The van der Waals surface area contributed by atoms with Crippen molar-refractivity contribution in [3.8, 4) is 6.26 Å². The Labute approximate surface area is 70.8 Å². The molecule has 5 nitrogen and oxygen atoms in total. The molecule has 1 saturated heterocycles. The summed E-state index contributed by atoms with van der Waals surface area (Å²) in [5.74, 6) is 0. The molecule has 1 fully saturated rings. The van der Waals surface area contributed by atoms with E-state index < -0.39 is 6.09 Å². The molecular weight excluding hydrogens is 160 g/mol. The summed E-state index contributed by atoms with van der Waals surface area (Å²) in [5.41, 5.74) is 0. The molecule has 2 N–H and O–H groups in total. The minimum Gasteiger partial charge on any atom is -0.465 e. The number of carboxylic acid groups (broad SMARTS) is 1. The van der Waals surface area contributed by atoms with Gasteiger partial charge in [-0.25, -0.2) is 4.79 Å². The van der Waals surface area contributed by atoms with Crippen LogP contribution in [0.1, 0.15) is 19.3 Å². The summed E-state index contributed by atoms with van der Waals surface area (Å²) in [6, 6.07) is 0. The number of likely N-dealkylation sites (tertiary alicyclic amines) is 1. The molecule has 68 valence electrons. The van der Waals surface area contributed by atoms with Crippen LogP contribution in [0.5, 0.6) is 0 Å². The molecule has 1 aliphatic rings. The van der Waals surface area contributed by atoms with Crippen LogP contribution in [0, 0.1) is 11.5 Å². The lowest BCUT2D eigenvalue weighted by Gasteiger charge is -2.22. The van der Waals surface area contributed by atoms with Crippen molar-refractivity contribution in [1.29, 1.82) is 5.26 Å². The molecule has 0 unspecified atom stereocenters. The fraction of sp³-hybridized carbons (Fsp3) is 0.714. The second-order valence-corrected chi connectivity index (χ2v) is 2.43. The van der Waals surface area contributed by atoms with Gasteiger partial charge >= 0.3 is 6.09 Å². The molecule has 1 amide bonds. The van der Waals surface area contributed by atoms with E-state index in [0.29, 0.717) is 0 Å². The van der Waals surface area contributed by atoms with Crippen molar-refractivity contribution in [3.63, 3.8) is 0 Å². The quantitative estimate of drug-likeness (QED) is 0.533. The lowest BCUT2D eigenvalue weighted by molar-refractivity contribution is 0.136. The summed E-state index contributed by atoms with van der Waals surface area (Å²) in [7, 11) is 0. The largest absolute Gasteiger partial charge is 0.465 e. The summed E-state index contributed by atoms with van der Waals surface area (Å²) < 4.78 is 0. The van der Waals surface area contributed by atoms with Gasteiger partial charge in [0.25, 0.3) is 6.26 Å². The van der Waals surface area contributed by atoms with Crippen LogP contribution >= 0.6 is 0 Å². The predicted molar refractivity (Wildman–Crippen MR) is 41.0 cm³/mol. The lowest BCUT2D eigenvalue weighted by Crippen LogP contribution is -2.34. The van der Waals surface area contributed by atoms with Crippen molar-refractivity contribution < 1.29 is 15.0 Å². The minimum atomic E-state index is -0.769. The number of aliphatic hydroxyl groups excluding tert-OH is 1. The van der Waals surface area contributed by atoms with Gasteiger partial charge in [-0.2, -0.15) is 5.26 Å². The van der Waals surface area contributed by atoms with Gasteiger partial charge in [0, 0.05) is 13.1 Å². The third-order valence-electron chi connectivity index (χ3n) is 1.63. The van der Waals surface area contributed by atoms with E-state index in [0.717, 1.165) is 32.2 Å². The molecule has 0 bridgehead atoms. The van der Waals surface area contributed by atoms with Crippen LogP contribution in [0.4, 0.5) is 4.79 Å². The van der Waals surface area contributed by atoms with Crippen LogP contribution in [0.25, 0.3) is 0 Å². The van der Waals surface area contributed by atoms with Crippen LogP contribution in [0.2, 0.25) is 0 Å². The first-order valence-electron chi connectivity index (χ1n) is 3.73. The fourth-order valence-corrected chi connectivity index (χ4v) is 1.09. The van der Waals surface area contributed by atoms with Gasteiger partial charge in [0.2, 0.25) is 0 Å². The molecule has 1 rings (SSSR count). The molecule has 1 heterocycles. The maximum absolute atomic E-state index is 10.3. The fourth-order valence-electron chi connectivity index (χ4n) is 1.09. The number of amides is 1. The van der Waals surface area contributed by atoms with Crippen molar-refractivity contribution >= 4 is 6.09 Å². The molecule has 0 aromatic heterocycles. The van der Waals surface area contributed by atoms with Gasteiger partial charge in [-0.3, -0.25) is 0 Å². The average molecular weight is 172 g/mol. The van der Waals surface area contributed by atoms with E-state index in [1.807, 2.05) is 0 Å². The summed E-state index contributed by atoms with van der Waals surface area (Å²) >= 11 is 0. The minimum absolute atomic E-state index is 0.731. The Bertz CT molecular complexity index is 170. The highest BCUT2D eigenvalue weighted by atomic mass is 16.4. The Morgan fingerprint density at radius 2 is 1.75 bits per heavy atom. The number of carbonyl (C=O) groups is 1. The third-order valence-corrected chi connectivity index (χ3v) is 1.63. The smallest absolute Gasteiger partial charge is 0.407 e. The Kier molecular flexibility index (Phi) is 5.53. The Morgan fingerprint density at radius 3 is 2.00 bits per heavy atom. The monoisotopic (exact) mass is 172 g/mol. The standard InChI is InChI=1S/C6H11NO2.CHNO/c8-6(9)7-4-2-1-3-5-7;2-1-3/h1-5H2,(H,8,9);3H. The highest BCUT2D eigenvalue weighted by Gasteiger charge is 2.13. The zero-order chi connectivity index (χ0) is 9.40. The van der Waals surface area contributed by atoms with Crippen LogP contribution in [-0.2, 0) is 0 Å². The van der Waals surface area contributed by atoms with Crippen molar-refractivity contribution in [2.75, 3.05) is 13.1 Å². The van der Waals surface area contributed by atoms with Crippen LogP contribution in [0.15, 0.2) is 0 Å². The van der Waals surface area contributed by atoms with Crippen LogP contribution < -0.4 is 0 Å². The Morgan fingerprint density at radius 1 is 1.33 bits per heavy atom. The van der Waals surface area contributed by atoms with E-state index in [-0.39, 0.29) is 0 Å². The van der Waals surface area contributed by atoms with Crippen LogP contribution in [0.3, 0.4) is 0 Å². The molecular formula is C7H12N2O3. The SMILES string of the molecule is N#CO.O=C(O)N1CCCCC1. The molecule has 0 aromatic rings. The average Bonchev–Trinajstić information content (AvgIpc) is 2.07. The second-order valence-electron chi connectivity index (χ2n) is 2.43. The van der Waals surface area contributed by atoms with E-state index >= 15 is 0 Å². The van der Waals surface area contributed by atoms with E-state index in [2.05, 4.69) is 0 Å². The molecule has 0 radical (unpaired) electrons. The number of hydrogen-bond acceptors (Lipinski definition) is 3. The van der Waals surface area contributed by atoms with Gasteiger partial charge < -0.3 is 15.1 Å². The Hall–Kier alpha value is -1.44. The first-order valence-corrected chi connectivity index (χ1v) is 3.73. The zero-order valence-electron chi connectivity index (χ0n) is 6.73. The van der Waals surface area contributed by atoms with Gasteiger partial charge in [-0.1, -0.05) is 0 Å². The van der Waals surface area contributed by atoms with E-state index in [1.54, 1.807) is 0 Å². The summed E-state index contributed by atoms with van der Waals surface area (Å²) in [4.78, 5) is 11.8. The number of rotatable bonds is 0. The second kappa shape index (κ2) is 6.28. The van der Waals surface area contributed by atoms with Gasteiger partial charge in [0.1, 0.15) is 0 Å². The molecule has 0 spiro atoms. The third kappa shape index (κ3) is 4.39.